The first-order valence-electron chi connectivity index (χ1n) is 4.92. The summed E-state index contributed by atoms with van der Waals surface area (Å²) in [5, 5.41) is 0.468. The lowest BCUT2D eigenvalue weighted by atomic mass is 10.1. The van der Waals surface area contributed by atoms with Gasteiger partial charge < -0.3 is 0 Å². The monoisotopic (exact) mass is 345 g/mol. The van der Waals surface area contributed by atoms with Crippen molar-refractivity contribution in [1.82, 2.24) is 4.37 Å². The van der Waals surface area contributed by atoms with Crippen LogP contribution in [0.25, 0.3) is 11.3 Å². The highest BCUT2D eigenvalue weighted by Gasteiger charge is 2.37. The molecule has 0 radical (unpaired) electrons. The van der Waals surface area contributed by atoms with E-state index in [1.165, 1.54) is 12.1 Å². The average Bonchev–Trinajstić information content (AvgIpc) is 2.72. The zero-order valence-corrected chi connectivity index (χ0v) is 12.1. The molecule has 19 heavy (non-hydrogen) atoms. The van der Waals surface area contributed by atoms with Gasteiger partial charge >= 0.3 is 6.18 Å². The SMILES string of the molecule is FC(F)(F)c1snc(-c2c(Cl)cccc2Cl)c1CCl. The van der Waals surface area contributed by atoms with Crippen LogP contribution >= 0.6 is 46.3 Å². The lowest BCUT2D eigenvalue weighted by Crippen LogP contribution is -2.05. The second-order valence-electron chi connectivity index (χ2n) is 3.57. The van der Waals surface area contributed by atoms with Gasteiger partial charge in [0.15, 0.2) is 0 Å². The minimum absolute atomic E-state index is 0.0860. The van der Waals surface area contributed by atoms with Crippen LogP contribution in [-0.4, -0.2) is 4.37 Å². The Bertz CT molecular complexity index is 589. The number of alkyl halides is 4. The maximum atomic E-state index is 12.8. The Hall–Kier alpha value is -0.490. The largest absolute Gasteiger partial charge is 0.427 e. The molecule has 0 amide bonds. The predicted molar refractivity (Wildman–Crippen MR) is 72.1 cm³/mol. The Kier molecular flexibility index (Phi) is 4.30. The lowest BCUT2D eigenvalue weighted by molar-refractivity contribution is -0.134. The first kappa shape index (κ1) is 14.9. The Balaban J connectivity index is 2.68. The van der Waals surface area contributed by atoms with Gasteiger partial charge in [0.25, 0.3) is 0 Å². The van der Waals surface area contributed by atoms with Crippen molar-refractivity contribution in [3.8, 4) is 11.3 Å². The van der Waals surface area contributed by atoms with Crippen molar-refractivity contribution >= 4 is 46.3 Å². The third kappa shape index (κ3) is 2.84. The molecule has 1 aromatic heterocycles. The Morgan fingerprint density at radius 1 is 1.16 bits per heavy atom. The summed E-state index contributed by atoms with van der Waals surface area (Å²) < 4.78 is 42.2. The summed E-state index contributed by atoms with van der Waals surface area (Å²) in [6.07, 6.45) is -4.49. The van der Waals surface area contributed by atoms with E-state index < -0.39 is 11.1 Å². The number of benzene rings is 1. The summed E-state index contributed by atoms with van der Waals surface area (Å²) in [5.41, 5.74) is 0.255. The number of hydrogen-bond acceptors (Lipinski definition) is 2. The van der Waals surface area contributed by atoms with E-state index in [2.05, 4.69) is 4.37 Å². The van der Waals surface area contributed by atoms with Crippen LogP contribution < -0.4 is 0 Å². The zero-order valence-electron chi connectivity index (χ0n) is 9.06. The summed E-state index contributed by atoms with van der Waals surface area (Å²) in [5.74, 6) is -0.317. The molecule has 0 saturated carbocycles. The molecule has 2 rings (SSSR count). The van der Waals surface area contributed by atoms with Gasteiger partial charge in [0.05, 0.1) is 21.6 Å². The molecule has 0 fully saturated rings. The van der Waals surface area contributed by atoms with Crippen molar-refractivity contribution < 1.29 is 13.2 Å². The van der Waals surface area contributed by atoms with Gasteiger partial charge in [0.2, 0.25) is 0 Å². The van der Waals surface area contributed by atoms with Crippen molar-refractivity contribution in [3.63, 3.8) is 0 Å². The molecule has 1 nitrogen and oxygen atoms in total. The fourth-order valence-corrected chi connectivity index (χ4v) is 3.26. The second kappa shape index (κ2) is 5.48. The van der Waals surface area contributed by atoms with Crippen molar-refractivity contribution in [2.75, 3.05) is 0 Å². The highest BCUT2D eigenvalue weighted by molar-refractivity contribution is 7.06. The van der Waals surface area contributed by atoms with Crippen LogP contribution in [0.5, 0.6) is 0 Å². The van der Waals surface area contributed by atoms with E-state index in [0.717, 1.165) is 0 Å². The minimum atomic E-state index is -4.49. The molecule has 0 N–H and O–H groups in total. The molecule has 1 aromatic carbocycles. The van der Waals surface area contributed by atoms with Crippen LogP contribution in [0.15, 0.2) is 18.2 Å². The molecule has 0 unspecified atom stereocenters. The number of halogens is 6. The maximum absolute atomic E-state index is 12.8. The second-order valence-corrected chi connectivity index (χ2v) is 5.42. The number of nitrogens with zero attached hydrogens (tertiary/aromatic N) is 1. The molecule has 0 atom stereocenters. The van der Waals surface area contributed by atoms with E-state index in [1.54, 1.807) is 6.07 Å². The molecule has 0 spiro atoms. The summed E-state index contributed by atoms with van der Waals surface area (Å²) in [6.45, 7) is 0. The number of aromatic nitrogens is 1. The first-order chi connectivity index (χ1) is 8.86. The van der Waals surface area contributed by atoms with E-state index in [1.807, 2.05) is 0 Å². The first-order valence-corrected chi connectivity index (χ1v) is 6.98. The minimum Gasteiger partial charge on any atom is -0.192 e. The normalized spacial score (nSPS) is 11.9. The van der Waals surface area contributed by atoms with Crippen molar-refractivity contribution in [2.45, 2.75) is 12.1 Å². The fraction of sp³-hybridized carbons (Fsp3) is 0.182. The zero-order chi connectivity index (χ0) is 14.2. The summed E-state index contributed by atoms with van der Waals surface area (Å²) >= 11 is 17.9. The van der Waals surface area contributed by atoms with Crippen LogP contribution in [0.3, 0.4) is 0 Å². The van der Waals surface area contributed by atoms with Gasteiger partial charge in [0.1, 0.15) is 4.88 Å². The van der Waals surface area contributed by atoms with Crippen LogP contribution in [0.2, 0.25) is 10.0 Å². The average molecular weight is 347 g/mol. The number of hydrogen-bond donors (Lipinski definition) is 0. The van der Waals surface area contributed by atoms with E-state index in [9.17, 15) is 13.2 Å². The fourth-order valence-electron chi connectivity index (χ4n) is 1.58. The van der Waals surface area contributed by atoms with Gasteiger partial charge in [0, 0.05) is 11.1 Å². The van der Waals surface area contributed by atoms with Gasteiger partial charge in [-0.25, -0.2) is 0 Å². The Morgan fingerprint density at radius 2 is 1.74 bits per heavy atom. The smallest absolute Gasteiger partial charge is 0.192 e. The molecule has 8 heteroatoms. The molecule has 1 heterocycles. The summed E-state index contributed by atoms with van der Waals surface area (Å²) in [7, 11) is 0. The van der Waals surface area contributed by atoms with Crippen LogP contribution in [-0.2, 0) is 12.1 Å². The summed E-state index contributed by atoms with van der Waals surface area (Å²) in [4.78, 5) is -0.825. The van der Waals surface area contributed by atoms with Gasteiger partial charge in [-0.2, -0.15) is 17.5 Å². The molecule has 0 aliphatic heterocycles. The van der Waals surface area contributed by atoms with Crippen molar-refractivity contribution in [3.05, 3.63) is 38.7 Å². The molecule has 0 aliphatic carbocycles. The van der Waals surface area contributed by atoms with E-state index in [4.69, 9.17) is 34.8 Å². The molecule has 2 aromatic rings. The topological polar surface area (TPSA) is 12.9 Å². The third-order valence-corrected chi connectivity index (χ3v) is 4.21. The molecule has 102 valence electrons. The molecule has 0 bridgehead atoms. The quantitative estimate of drug-likeness (QED) is 0.619. The van der Waals surface area contributed by atoms with Crippen LogP contribution in [0.1, 0.15) is 10.4 Å². The third-order valence-electron chi connectivity index (χ3n) is 2.38. The molecule has 0 aliphatic rings. The van der Waals surface area contributed by atoms with Gasteiger partial charge in [-0.05, 0) is 23.7 Å². The standard InChI is InChI=1S/C11H5Cl3F3NS/c12-4-5-9(18-19-10(5)11(15,16)17)8-6(13)2-1-3-7(8)14/h1-3H,4H2. The van der Waals surface area contributed by atoms with Gasteiger partial charge in [-0.1, -0.05) is 29.3 Å². The van der Waals surface area contributed by atoms with E-state index >= 15 is 0 Å². The molecular formula is C11H5Cl3F3NS. The van der Waals surface area contributed by atoms with Crippen molar-refractivity contribution in [1.29, 1.82) is 0 Å². The Labute approximate surface area is 126 Å². The highest BCUT2D eigenvalue weighted by atomic mass is 35.5. The van der Waals surface area contributed by atoms with Crippen LogP contribution in [0, 0.1) is 0 Å². The van der Waals surface area contributed by atoms with Gasteiger partial charge in [-0.3, -0.25) is 0 Å². The Morgan fingerprint density at radius 3 is 2.21 bits per heavy atom. The highest BCUT2D eigenvalue weighted by Crippen LogP contribution is 2.43. The van der Waals surface area contributed by atoms with E-state index in [-0.39, 0.29) is 32.7 Å². The predicted octanol–water partition coefficient (Wildman–Crippen LogP) is 5.87. The number of rotatable bonds is 2. The van der Waals surface area contributed by atoms with Crippen molar-refractivity contribution in [2.24, 2.45) is 0 Å². The maximum Gasteiger partial charge on any atom is 0.427 e. The van der Waals surface area contributed by atoms with E-state index in [0.29, 0.717) is 11.5 Å². The molecule has 0 saturated heterocycles. The van der Waals surface area contributed by atoms with Gasteiger partial charge in [-0.15, -0.1) is 11.6 Å². The van der Waals surface area contributed by atoms with Crippen LogP contribution in [0.4, 0.5) is 13.2 Å². The lowest BCUT2D eigenvalue weighted by Gasteiger charge is -2.08. The molecular weight excluding hydrogens is 342 g/mol. The summed E-state index contributed by atoms with van der Waals surface area (Å²) in [6, 6.07) is 4.67.